The molecule has 7 rings (SSSR count). The van der Waals surface area contributed by atoms with Crippen molar-refractivity contribution in [2.75, 3.05) is 45.9 Å². The first kappa shape index (κ1) is 36.1. The Morgan fingerprint density at radius 1 is 0.941 bits per heavy atom. The number of nitrogens with one attached hydrogen (secondary N) is 1. The number of H-pyrrole nitrogens is 1. The second-order valence-corrected chi connectivity index (χ2v) is 13.4. The normalized spacial score (nSPS) is 18.4. The second kappa shape index (κ2) is 16.1. The number of hydrogen-bond donors (Lipinski definition) is 1. The zero-order valence-electron chi connectivity index (χ0n) is 28.6. The summed E-state index contributed by atoms with van der Waals surface area (Å²) >= 11 is 13.0. The molecule has 4 heterocycles. The van der Waals surface area contributed by atoms with Crippen molar-refractivity contribution in [2.45, 2.75) is 38.0 Å². The van der Waals surface area contributed by atoms with Crippen LogP contribution in [0.25, 0.3) is 0 Å². The molecule has 1 amide bonds. The molecule has 0 unspecified atom stereocenters. The lowest BCUT2D eigenvalue weighted by Gasteiger charge is -2.44. The number of carbonyl (C=O) groups excluding carboxylic acids is 2. The molecule has 2 atom stereocenters. The highest BCUT2D eigenvalue weighted by molar-refractivity contribution is 6.35. The molecule has 3 saturated heterocycles. The highest BCUT2D eigenvalue weighted by atomic mass is 35.5. The van der Waals surface area contributed by atoms with Crippen molar-refractivity contribution in [1.29, 1.82) is 0 Å². The Kier molecular flexibility index (Phi) is 11.4. The summed E-state index contributed by atoms with van der Waals surface area (Å²) in [5.74, 6) is 0.988. The largest absolute Gasteiger partial charge is 0.506 e. The van der Waals surface area contributed by atoms with Gasteiger partial charge in [-0.05, 0) is 79.4 Å². The van der Waals surface area contributed by atoms with Gasteiger partial charge < -0.3 is 28.8 Å². The number of phenols is 1. The molecular weight excluding hydrogens is 697 g/mol. The number of methoxy groups -OCH3 is 3. The average Bonchev–Trinajstić information content (AvgIpc) is 3.15. The lowest BCUT2D eigenvalue weighted by molar-refractivity contribution is -0.377. The molecule has 13 heteroatoms. The molecule has 0 saturated carbocycles. The van der Waals surface area contributed by atoms with E-state index >= 15 is 0 Å². The third kappa shape index (κ3) is 8.27. The highest BCUT2D eigenvalue weighted by Gasteiger charge is 2.38. The number of fused-ring (bicyclic) bond motifs is 3. The number of aromatic amines is 1. The van der Waals surface area contributed by atoms with Gasteiger partial charge in [-0.25, -0.2) is 14.6 Å². The fourth-order valence-corrected chi connectivity index (χ4v) is 7.18. The van der Waals surface area contributed by atoms with E-state index in [9.17, 15) is 14.7 Å². The summed E-state index contributed by atoms with van der Waals surface area (Å²) in [7, 11) is 4.57. The number of halogens is 2. The number of nitrogens with zero attached hydrogens (tertiary/aromatic N) is 2. The number of benzene rings is 3. The average molecular weight is 738 g/mol. The predicted molar refractivity (Wildman–Crippen MR) is 191 cm³/mol. The molecule has 0 spiro atoms. The molecule has 1 aromatic heterocycles. The zero-order chi connectivity index (χ0) is 36.1. The third-order valence-corrected chi connectivity index (χ3v) is 10.1. The topological polar surface area (TPSA) is 121 Å². The standard InChI is InChI=1S/C38H39Cl2N3O8/c1-47-27-8-9-32(44)31(17-27)43(38(46)51-36-22-42-13-11-24(36)12-14-42)21-23-5-4-6-26(15-23)37(45)50-34(18-28-29(39)19-41-20-30(28)40)25-7-10-33(48-2)35(16-25)49-3/h4-10,15-17,19-20,24,34,36,44H,11-14,18,21-22H2,1-3H3/p+1/t34-,36-/m0/s1. The smallest absolute Gasteiger partial charge is 0.415 e. The van der Waals surface area contributed by atoms with E-state index in [1.165, 1.54) is 32.3 Å². The summed E-state index contributed by atoms with van der Waals surface area (Å²) in [6.07, 6.45) is 3.64. The summed E-state index contributed by atoms with van der Waals surface area (Å²) in [4.78, 5) is 34.3. The number of piperidine rings is 3. The van der Waals surface area contributed by atoms with Gasteiger partial charge >= 0.3 is 12.1 Å². The van der Waals surface area contributed by atoms with Crippen LogP contribution in [0.1, 0.15) is 46.0 Å². The Bertz CT molecular complexity index is 1860. The number of rotatable bonds is 12. The van der Waals surface area contributed by atoms with Crippen molar-refractivity contribution in [3.63, 3.8) is 0 Å². The van der Waals surface area contributed by atoms with Crippen molar-refractivity contribution in [3.8, 4) is 23.0 Å². The Balaban J connectivity index is 1.28. The molecule has 3 fully saturated rings. The van der Waals surface area contributed by atoms with E-state index in [2.05, 4.69) is 9.88 Å². The monoisotopic (exact) mass is 736 g/mol. The minimum Gasteiger partial charge on any atom is -0.506 e. The third-order valence-electron chi connectivity index (χ3n) is 9.46. The lowest BCUT2D eigenvalue weighted by atomic mass is 9.86. The summed E-state index contributed by atoms with van der Waals surface area (Å²) < 4.78 is 28.6. The van der Waals surface area contributed by atoms with Crippen molar-refractivity contribution in [1.82, 2.24) is 4.90 Å². The van der Waals surface area contributed by atoms with E-state index in [1.54, 1.807) is 67.0 Å². The van der Waals surface area contributed by atoms with Crippen LogP contribution in [0, 0.1) is 5.92 Å². The van der Waals surface area contributed by atoms with Crippen LogP contribution in [0.4, 0.5) is 10.5 Å². The van der Waals surface area contributed by atoms with Gasteiger partial charge in [-0.3, -0.25) is 9.80 Å². The van der Waals surface area contributed by atoms with E-state index in [-0.39, 0.29) is 42.0 Å². The number of pyridine rings is 1. The molecule has 2 N–H and O–H groups in total. The first-order chi connectivity index (χ1) is 24.7. The first-order valence-electron chi connectivity index (χ1n) is 16.6. The number of carbonyl (C=O) groups is 2. The van der Waals surface area contributed by atoms with E-state index in [0.717, 1.165) is 25.9 Å². The number of amides is 1. The van der Waals surface area contributed by atoms with Gasteiger partial charge in [-0.1, -0.05) is 41.4 Å². The van der Waals surface area contributed by atoms with Crippen LogP contribution >= 0.6 is 23.2 Å². The number of phenolic OH excluding ortho intramolecular Hbond substituents is 1. The van der Waals surface area contributed by atoms with Gasteiger partial charge in [0.25, 0.3) is 0 Å². The molecule has 3 aromatic carbocycles. The minimum absolute atomic E-state index is 0.00732. The quantitative estimate of drug-likeness (QED) is 0.155. The number of aromatic nitrogens is 1. The molecule has 11 nitrogen and oxygen atoms in total. The van der Waals surface area contributed by atoms with Crippen molar-refractivity contribution in [2.24, 2.45) is 5.92 Å². The van der Waals surface area contributed by atoms with Gasteiger partial charge in [0.1, 0.15) is 33.8 Å². The number of aromatic hydroxyl groups is 1. The van der Waals surface area contributed by atoms with Crippen LogP contribution in [-0.2, 0) is 22.4 Å². The van der Waals surface area contributed by atoms with Gasteiger partial charge in [-0.15, -0.1) is 0 Å². The predicted octanol–water partition coefficient (Wildman–Crippen LogP) is 6.92. The van der Waals surface area contributed by atoms with Crippen molar-refractivity contribution >= 4 is 41.0 Å². The van der Waals surface area contributed by atoms with Crippen LogP contribution in [0.5, 0.6) is 23.0 Å². The maximum absolute atomic E-state index is 13.9. The minimum atomic E-state index is -0.819. The molecule has 2 bridgehead atoms. The van der Waals surface area contributed by atoms with E-state index in [1.807, 2.05) is 0 Å². The van der Waals surface area contributed by atoms with E-state index in [0.29, 0.717) is 50.5 Å². The fraction of sp³-hybridized carbons (Fsp3) is 0.342. The van der Waals surface area contributed by atoms with Gasteiger partial charge in [-0.2, -0.15) is 0 Å². The number of esters is 1. The highest BCUT2D eigenvalue weighted by Crippen LogP contribution is 2.37. The Hall–Kier alpha value is -4.71. The fourth-order valence-electron chi connectivity index (χ4n) is 6.65. The summed E-state index contributed by atoms with van der Waals surface area (Å²) in [5.41, 5.74) is 2.29. The second-order valence-electron chi connectivity index (χ2n) is 12.5. The van der Waals surface area contributed by atoms with Gasteiger partial charge in [0, 0.05) is 24.6 Å². The Morgan fingerprint density at radius 2 is 1.69 bits per heavy atom. The van der Waals surface area contributed by atoms with Crippen LogP contribution in [0.3, 0.4) is 0 Å². The maximum atomic E-state index is 13.9. The molecule has 4 aromatic rings. The Labute approximate surface area is 306 Å². The van der Waals surface area contributed by atoms with Crippen LogP contribution in [0.15, 0.2) is 73.1 Å². The number of hydrogen-bond acceptors (Lipinski definition) is 9. The summed E-state index contributed by atoms with van der Waals surface area (Å²) in [5, 5.41) is 11.7. The van der Waals surface area contributed by atoms with Gasteiger partial charge in [0.15, 0.2) is 23.9 Å². The van der Waals surface area contributed by atoms with Crippen LogP contribution in [-0.4, -0.2) is 69.1 Å². The number of anilines is 1. The Morgan fingerprint density at radius 3 is 2.35 bits per heavy atom. The molecule has 3 aliphatic heterocycles. The SMILES string of the molecule is COc1ccc(O)c(N(Cc2cccc(C(=O)O[C@@H](Cc3c(Cl)c[nH+]cc3Cl)c3ccc(OC)c(OC)c3)c2)C(=O)O[C@H]2CN3CCC2CC3)c1. The maximum Gasteiger partial charge on any atom is 0.415 e. The lowest BCUT2D eigenvalue weighted by Crippen LogP contribution is -2.53. The molecule has 0 radical (unpaired) electrons. The van der Waals surface area contributed by atoms with E-state index < -0.39 is 18.2 Å². The van der Waals surface area contributed by atoms with Crippen LogP contribution < -0.4 is 24.1 Å². The molecular formula is C38H40Cl2N3O8+. The number of ether oxygens (including phenoxy) is 5. The molecule has 0 aliphatic carbocycles. The zero-order valence-corrected chi connectivity index (χ0v) is 30.1. The molecule has 268 valence electrons. The first-order valence-corrected chi connectivity index (χ1v) is 17.4. The summed E-state index contributed by atoms with van der Waals surface area (Å²) in [6, 6.07) is 16.7. The van der Waals surface area contributed by atoms with Gasteiger partial charge in [0.05, 0.1) is 39.1 Å². The molecule has 3 aliphatic rings. The van der Waals surface area contributed by atoms with Gasteiger partial charge in [0.2, 0.25) is 0 Å². The summed E-state index contributed by atoms with van der Waals surface area (Å²) in [6.45, 7) is 2.67. The van der Waals surface area contributed by atoms with Crippen molar-refractivity contribution in [3.05, 3.63) is 105 Å². The molecule has 51 heavy (non-hydrogen) atoms. The van der Waals surface area contributed by atoms with Crippen molar-refractivity contribution < 1.29 is 43.4 Å². The van der Waals surface area contributed by atoms with E-state index in [4.69, 9.17) is 46.9 Å². The van der Waals surface area contributed by atoms with Crippen LogP contribution in [0.2, 0.25) is 10.0 Å².